The van der Waals surface area contributed by atoms with Gasteiger partial charge in [0, 0.05) is 5.69 Å². The number of H-pyrrole nitrogens is 1. The van der Waals surface area contributed by atoms with Crippen molar-refractivity contribution in [3.05, 3.63) is 41.0 Å². The molecule has 0 saturated carbocycles. The summed E-state index contributed by atoms with van der Waals surface area (Å²) in [5.41, 5.74) is 2.25. The molecular weight excluding hydrogens is 242 g/mol. The second-order valence-corrected chi connectivity index (χ2v) is 3.80. The maximum Gasteiger partial charge on any atom is 0.118 e. The smallest absolute Gasteiger partial charge is 0.118 e. The quantitative estimate of drug-likeness (QED) is 0.869. The zero-order chi connectivity index (χ0) is 9.97. The fraction of sp³-hybridized carbons (Fsp3) is 0.0909. The van der Waals surface area contributed by atoms with E-state index in [0.717, 1.165) is 21.6 Å². The van der Waals surface area contributed by atoms with E-state index in [2.05, 4.69) is 20.9 Å². The number of aromatic amines is 1. The Hall–Kier alpha value is -1.22. The summed E-state index contributed by atoms with van der Waals surface area (Å²) in [7, 11) is 1.67. The van der Waals surface area contributed by atoms with E-state index in [1.165, 1.54) is 0 Å². The van der Waals surface area contributed by atoms with Gasteiger partial charge < -0.3 is 9.72 Å². The van der Waals surface area contributed by atoms with Crippen LogP contribution in [0.2, 0.25) is 0 Å². The van der Waals surface area contributed by atoms with Crippen LogP contribution in [0.1, 0.15) is 0 Å². The number of halogens is 1. The number of methoxy groups -OCH3 is 1. The summed E-state index contributed by atoms with van der Waals surface area (Å²) < 4.78 is 6.08. The lowest BCUT2D eigenvalue weighted by Gasteiger charge is -2.01. The minimum atomic E-state index is 0.874. The van der Waals surface area contributed by atoms with Gasteiger partial charge in [-0.05, 0) is 57.9 Å². The Bertz CT molecular complexity index is 419. The molecule has 72 valence electrons. The normalized spacial score (nSPS) is 10.1. The lowest BCUT2D eigenvalue weighted by Crippen LogP contribution is -1.82. The SMILES string of the molecule is COc1ccc(-c2ccc(Br)[nH]2)cc1. The lowest BCUT2D eigenvalue weighted by atomic mass is 10.1. The largest absolute Gasteiger partial charge is 0.497 e. The maximum absolute atomic E-state index is 5.09. The number of ether oxygens (including phenoxy) is 1. The summed E-state index contributed by atoms with van der Waals surface area (Å²) >= 11 is 3.38. The van der Waals surface area contributed by atoms with Crippen LogP contribution in [0.25, 0.3) is 11.3 Å². The molecule has 1 aromatic carbocycles. The van der Waals surface area contributed by atoms with E-state index in [9.17, 15) is 0 Å². The topological polar surface area (TPSA) is 25.0 Å². The number of rotatable bonds is 2. The third kappa shape index (κ3) is 1.82. The predicted molar refractivity (Wildman–Crippen MR) is 60.5 cm³/mol. The molecule has 1 N–H and O–H groups in total. The first kappa shape index (κ1) is 9.34. The van der Waals surface area contributed by atoms with Gasteiger partial charge in [-0.1, -0.05) is 0 Å². The molecule has 0 bridgehead atoms. The van der Waals surface area contributed by atoms with Gasteiger partial charge in [0.15, 0.2) is 0 Å². The molecule has 2 rings (SSSR count). The van der Waals surface area contributed by atoms with Crippen molar-refractivity contribution in [1.29, 1.82) is 0 Å². The van der Waals surface area contributed by atoms with Crippen LogP contribution in [0, 0.1) is 0 Å². The highest BCUT2D eigenvalue weighted by molar-refractivity contribution is 9.10. The number of hydrogen-bond donors (Lipinski definition) is 1. The summed E-state index contributed by atoms with van der Waals surface area (Å²) in [6, 6.07) is 12.0. The molecule has 0 aliphatic rings. The Kier molecular flexibility index (Phi) is 2.59. The van der Waals surface area contributed by atoms with Crippen LogP contribution in [-0.4, -0.2) is 12.1 Å². The third-order valence-corrected chi connectivity index (χ3v) is 2.51. The van der Waals surface area contributed by atoms with Crippen molar-refractivity contribution in [3.8, 4) is 17.0 Å². The molecule has 0 spiro atoms. The Labute approximate surface area is 91.0 Å². The molecule has 0 aliphatic carbocycles. The molecule has 0 unspecified atom stereocenters. The van der Waals surface area contributed by atoms with Crippen molar-refractivity contribution in [2.24, 2.45) is 0 Å². The number of aromatic nitrogens is 1. The van der Waals surface area contributed by atoms with Crippen LogP contribution in [0.5, 0.6) is 5.75 Å². The van der Waals surface area contributed by atoms with Gasteiger partial charge in [0.2, 0.25) is 0 Å². The predicted octanol–water partition coefficient (Wildman–Crippen LogP) is 3.45. The summed E-state index contributed by atoms with van der Waals surface area (Å²) in [6.45, 7) is 0. The Morgan fingerprint density at radius 1 is 1.07 bits per heavy atom. The number of nitrogens with one attached hydrogen (secondary N) is 1. The highest BCUT2D eigenvalue weighted by atomic mass is 79.9. The Morgan fingerprint density at radius 2 is 1.79 bits per heavy atom. The summed E-state index contributed by atoms with van der Waals surface area (Å²) in [6.07, 6.45) is 0. The standard InChI is InChI=1S/C11H10BrNO/c1-14-9-4-2-8(3-5-9)10-6-7-11(12)13-10/h2-7,13H,1H3. The Morgan fingerprint density at radius 3 is 2.29 bits per heavy atom. The molecule has 14 heavy (non-hydrogen) atoms. The van der Waals surface area contributed by atoms with Crippen molar-refractivity contribution in [3.63, 3.8) is 0 Å². The van der Waals surface area contributed by atoms with Crippen molar-refractivity contribution in [2.45, 2.75) is 0 Å². The van der Waals surface area contributed by atoms with Crippen molar-refractivity contribution in [2.75, 3.05) is 7.11 Å². The van der Waals surface area contributed by atoms with Crippen LogP contribution < -0.4 is 4.74 Å². The van der Waals surface area contributed by atoms with Crippen molar-refractivity contribution in [1.82, 2.24) is 4.98 Å². The van der Waals surface area contributed by atoms with E-state index < -0.39 is 0 Å². The summed E-state index contributed by atoms with van der Waals surface area (Å²) in [4.78, 5) is 3.21. The van der Waals surface area contributed by atoms with E-state index >= 15 is 0 Å². The molecule has 0 aliphatic heterocycles. The molecule has 2 nitrogen and oxygen atoms in total. The fourth-order valence-corrected chi connectivity index (χ4v) is 1.65. The van der Waals surface area contributed by atoms with Crippen LogP contribution in [0.15, 0.2) is 41.0 Å². The van der Waals surface area contributed by atoms with E-state index in [1.54, 1.807) is 7.11 Å². The molecule has 0 saturated heterocycles. The first-order valence-corrected chi connectivity index (χ1v) is 5.08. The highest BCUT2D eigenvalue weighted by Crippen LogP contribution is 2.23. The minimum absolute atomic E-state index is 0.874. The zero-order valence-corrected chi connectivity index (χ0v) is 9.34. The first-order valence-electron chi connectivity index (χ1n) is 4.28. The molecule has 0 fully saturated rings. The van der Waals surface area contributed by atoms with E-state index in [1.807, 2.05) is 36.4 Å². The molecule has 1 heterocycles. The maximum atomic E-state index is 5.09. The fourth-order valence-electron chi connectivity index (χ4n) is 1.31. The van der Waals surface area contributed by atoms with Gasteiger partial charge in [0.25, 0.3) is 0 Å². The first-order chi connectivity index (χ1) is 6.79. The molecule has 1 aromatic heterocycles. The molecule has 0 atom stereocenters. The van der Waals surface area contributed by atoms with Gasteiger partial charge >= 0.3 is 0 Å². The van der Waals surface area contributed by atoms with Crippen molar-refractivity contribution >= 4 is 15.9 Å². The van der Waals surface area contributed by atoms with E-state index in [-0.39, 0.29) is 0 Å². The van der Waals surface area contributed by atoms with Crippen LogP contribution in [-0.2, 0) is 0 Å². The van der Waals surface area contributed by atoms with Gasteiger partial charge in [-0.15, -0.1) is 0 Å². The lowest BCUT2D eigenvalue weighted by molar-refractivity contribution is 0.415. The molecule has 0 radical (unpaired) electrons. The number of hydrogen-bond acceptors (Lipinski definition) is 1. The summed E-state index contributed by atoms with van der Waals surface area (Å²) in [5.74, 6) is 0.874. The van der Waals surface area contributed by atoms with Gasteiger partial charge in [-0.2, -0.15) is 0 Å². The Balaban J connectivity index is 2.33. The van der Waals surface area contributed by atoms with Gasteiger partial charge in [0.1, 0.15) is 5.75 Å². The summed E-state index contributed by atoms with van der Waals surface area (Å²) in [5, 5.41) is 0. The number of benzene rings is 1. The molecular formula is C11H10BrNO. The second-order valence-electron chi connectivity index (χ2n) is 2.95. The van der Waals surface area contributed by atoms with E-state index in [0.29, 0.717) is 0 Å². The average Bonchev–Trinajstić information content (AvgIpc) is 2.65. The third-order valence-electron chi connectivity index (χ3n) is 2.05. The van der Waals surface area contributed by atoms with Crippen LogP contribution in [0.4, 0.5) is 0 Å². The monoisotopic (exact) mass is 251 g/mol. The van der Waals surface area contributed by atoms with Gasteiger partial charge in [-0.3, -0.25) is 0 Å². The average molecular weight is 252 g/mol. The molecule has 2 aromatic rings. The second kappa shape index (κ2) is 3.88. The molecule has 3 heteroatoms. The van der Waals surface area contributed by atoms with Gasteiger partial charge in [-0.25, -0.2) is 0 Å². The zero-order valence-electron chi connectivity index (χ0n) is 7.75. The van der Waals surface area contributed by atoms with Crippen molar-refractivity contribution < 1.29 is 4.74 Å². The van der Waals surface area contributed by atoms with Crippen LogP contribution in [0.3, 0.4) is 0 Å². The van der Waals surface area contributed by atoms with E-state index in [4.69, 9.17) is 4.74 Å². The van der Waals surface area contributed by atoms with Gasteiger partial charge in [0.05, 0.1) is 11.7 Å². The minimum Gasteiger partial charge on any atom is -0.497 e. The van der Waals surface area contributed by atoms with Crippen LogP contribution >= 0.6 is 15.9 Å². The highest BCUT2D eigenvalue weighted by Gasteiger charge is 1.99. The molecule has 0 amide bonds.